The van der Waals surface area contributed by atoms with Crippen LogP contribution in [0.25, 0.3) is 5.65 Å². The van der Waals surface area contributed by atoms with Gasteiger partial charge in [-0.3, -0.25) is 9.59 Å². The number of aromatic nitrogens is 3. The zero-order valence-corrected chi connectivity index (χ0v) is 15.1. The molecule has 2 N–H and O–H groups in total. The Hall–Kier alpha value is -3.32. The number of aromatic amines is 1. The van der Waals surface area contributed by atoms with Gasteiger partial charge in [0.1, 0.15) is 11.3 Å². The molecule has 134 valence electrons. The maximum Gasteiger partial charge on any atom is 0.271 e. The van der Waals surface area contributed by atoms with Crippen LogP contribution in [0.4, 0.5) is 5.69 Å². The normalized spacial score (nSPS) is 10.8. The maximum atomic E-state index is 12.3. The van der Waals surface area contributed by atoms with Gasteiger partial charge in [0, 0.05) is 34.8 Å². The number of carbonyl (C=O) groups is 1. The van der Waals surface area contributed by atoms with Crippen molar-refractivity contribution in [1.82, 2.24) is 14.4 Å². The van der Waals surface area contributed by atoms with Gasteiger partial charge >= 0.3 is 0 Å². The third kappa shape index (κ3) is 3.93. The second-order valence-electron chi connectivity index (χ2n) is 5.88. The van der Waals surface area contributed by atoms with Gasteiger partial charge in [-0.05, 0) is 48.5 Å². The molecule has 1 amide bonds. The number of benzene rings is 1. The van der Waals surface area contributed by atoms with Crippen molar-refractivity contribution < 1.29 is 4.79 Å². The Labute approximate surface area is 159 Å². The van der Waals surface area contributed by atoms with E-state index in [1.54, 1.807) is 36.0 Å². The monoisotopic (exact) mass is 376 g/mol. The predicted octanol–water partition coefficient (Wildman–Crippen LogP) is 3.57. The second-order valence-corrected chi connectivity index (χ2v) is 6.93. The number of nitrogens with zero attached hydrogens (tertiary/aromatic N) is 2. The van der Waals surface area contributed by atoms with Crippen LogP contribution in [0, 0.1) is 0 Å². The number of fused-ring (bicyclic) bond motifs is 1. The van der Waals surface area contributed by atoms with Crippen LogP contribution < -0.4 is 10.9 Å². The summed E-state index contributed by atoms with van der Waals surface area (Å²) in [5, 5.41) is 2.62. The molecule has 7 heteroatoms. The Balaban J connectivity index is 1.40. The van der Waals surface area contributed by atoms with E-state index >= 15 is 0 Å². The van der Waals surface area contributed by atoms with Crippen molar-refractivity contribution in [3.63, 3.8) is 0 Å². The molecule has 0 saturated heterocycles. The fourth-order valence-corrected chi connectivity index (χ4v) is 3.41. The molecule has 0 bridgehead atoms. The Morgan fingerprint density at radius 1 is 1.11 bits per heavy atom. The first kappa shape index (κ1) is 17.1. The molecule has 0 spiro atoms. The predicted molar refractivity (Wildman–Crippen MR) is 106 cm³/mol. The van der Waals surface area contributed by atoms with Crippen molar-refractivity contribution in [3.8, 4) is 0 Å². The molecule has 0 atom stereocenters. The number of amides is 1. The van der Waals surface area contributed by atoms with Crippen molar-refractivity contribution in [1.29, 1.82) is 0 Å². The number of anilines is 1. The standard InChI is InChI=1S/C20H16N4O2S/c25-19(23-17-4-3-10-21-20(17)26)14-6-8-16(9-7-14)27-13-15-12-24-11-2-1-5-18(24)22-15/h1-12H,13H2,(H,21,26)(H,23,25). The van der Waals surface area contributed by atoms with Crippen LogP contribution >= 0.6 is 11.8 Å². The summed E-state index contributed by atoms with van der Waals surface area (Å²) in [5.74, 6) is 0.427. The van der Waals surface area contributed by atoms with Gasteiger partial charge in [-0.15, -0.1) is 11.8 Å². The molecule has 0 radical (unpaired) electrons. The molecule has 0 unspecified atom stereocenters. The molecular formula is C20H16N4O2S. The Kier molecular flexibility index (Phi) is 4.76. The lowest BCUT2D eigenvalue weighted by Gasteiger charge is -2.05. The van der Waals surface area contributed by atoms with Gasteiger partial charge in [0.2, 0.25) is 0 Å². The highest BCUT2D eigenvalue weighted by Gasteiger charge is 2.08. The Morgan fingerprint density at radius 3 is 2.74 bits per heavy atom. The van der Waals surface area contributed by atoms with Crippen molar-refractivity contribution >= 4 is 29.0 Å². The summed E-state index contributed by atoms with van der Waals surface area (Å²) in [6, 6.07) is 16.4. The van der Waals surface area contributed by atoms with E-state index in [-0.39, 0.29) is 17.2 Å². The van der Waals surface area contributed by atoms with Crippen molar-refractivity contribution in [3.05, 3.63) is 94.8 Å². The van der Waals surface area contributed by atoms with E-state index in [1.165, 1.54) is 6.20 Å². The summed E-state index contributed by atoms with van der Waals surface area (Å²) in [6.45, 7) is 0. The van der Waals surface area contributed by atoms with Crippen molar-refractivity contribution in [2.24, 2.45) is 0 Å². The molecule has 0 aliphatic carbocycles. The van der Waals surface area contributed by atoms with E-state index in [1.807, 2.05) is 47.1 Å². The van der Waals surface area contributed by atoms with Gasteiger partial charge in [0.25, 0.3) is 11.5 Å². The van der Waals surface area contributed by atoms with E-state index in [0.717, 1.165) is 22.0 Å². The van der Waals surface area contributed by atoms with E-state index in [4.69, 9.17) is 0 Å². The molecule has 3 aromatic heterocycles. The Morgan fingerprint density at radius 2 is 1.96 bits per heavy atom. The number of H-pyrrole nitrogens is 1. The summed E-state index contributed by atoms with van der Waals surface area (Å²) in [4.78, 5) is 32.1. The van der Waals surface area contributed by atoms with Gasteiger partial charge in [-0.1, -0.05) is 6.07 Å². The summed E-state index contributed by atoms with van der Waals surface area (Å²) in [5.41, 5.74) is 2.32. The molecule has 4 rings (SSSR count). The first-order chi connectivity index (χ1) is 13.2. The molecule has 0 aliphatic rings. The lowest BCUT2D eigenvalue weighted by Crippen LogP contribution is -2.19. The van der Waals surface area contributed by atoms with E-state index in [2.05, 4.69) is 15.3 Å². The molecule has 6 nitrogen and oxygen atoms in total. The zero-order chi connectivity index (χ0) is 18.6. The van der Waals surface area contributed by atoms with Gasteiger partial charge in [-0.2, -0.15) is 0 Å². The summed E-state index contributed by atoms with van der Waals surface area (Å²) in [7, 11) is 0. The van der Waals surface area contributed by atoms with Gasteiger partial charge in [0.15, 0.2) is 0 Å². The topological polar surface area (TPSA) is 79.3 Å². The van der Waals surface area contributed by atoms with Crippen LogP contribution in [-0.2, 0) is 5.75 Å². The quantitative estimate of drug-likeness (QED) is 0.522. The lowest BCUT2D eigenvalue weighted by molar-refractivity contribution is 0.102. The number of hydrogen-bond acceptors (Lipinski definition) is 4. The number of imidazole rings is 1. The maximum absolute atomic E-state index is 12.3. The number of carbonyl (C=O) groups excluding carboxylic acids is 1. The average molecular weight is 376 g/mol. The van der Waals surface area contributed by atoms with Crippen molar-refractivity contribution in [2.45, 2.75) is 10.6 Å². The first-order valence-corrected chi connectivity index (χ1v) is 9.32. The molecule has 0 aliphatic heterocycles. The smallest absolute Gasteiger partial charge is 0.271 e. The van der Waals surface area contributed by atoms with Crippen LogP contribution in [0.3, 0.4) is 0 Å². The lowest BCUT2D eigenvalue weighted by atomic mass is 10.2. The molecular weight excluding hydrogens is 360 g/mol. The summed E-state index contributed by atoms with van der Waals surface area (Å²) < 4.78 is 1.99. The molecule has 3 heterocycles. The third-order valence-electron chi connectivity index (χ3n) is 3.98. The number of hydrogen-bond donors (Lipinski definition) is 2. The molecule has 1 aromatic carbocycles. The van der Waals surface area contributed by atoms with Crippen LogP contribution in [0.1, 0.15) is 16.1 Å². The fourth-order valence-electron chi connectivity index (χ4n) is 2.63. The average Bonchev–Trinajstić information content (AvgIpc) is 3.11. The SMILES string of the molecule is O=C(Nc1ccc[nH]c1=O)c1ccc(SCc2cn3ccccc3n2)cc1. The number of pyridine rings is 2. The largest absolute Gasteiger partial charge is 0.327 e. The number of nitrogens with one attached hydrogen (secondary N) is 2. The second kappa shape index (κ2) is 7.51. The molecule has 0 fully saturated rings. The van der Waals surface area contributed by atoms with E-state index < -0.39 is 0 Å². The van der Waals surface area contributed by atoms with Crippen LogP contribution in [-0.4, -0.2) is 20.3 Å². The van der Waals surface area contributed by atoms with Gasteiger partial charge < -0.3 is 14.7 Å². The first-order valence-electron chi connectivity index (χ1n) is 8.33. The fraction of sp³-hybridized carbons (Fsp3) is 0.0500. The van der Waals surface area contributed by atoms with Crippen LogP contribution in [0.2, 0.25) is 0 Å². The van der Waals surface area contributed by atoms with Gasteiger partial charge in [-0.25, -0.2) is 4.98 Å². The zero-order valence-electron chi connectivity index (χ0n) is 14.3. The minimum atomic E-state index is -0.328. The molecule has 27 heavy (non-hydrogen) atoms. The summed E-state index contributed by atoms with van der Waals surface area (Å²) in [6.07, 6.45) is 5.51. The molecule has 0 saturated carbocycles. The van der Waals surface area contributed by atoms with Gasteiger partial charge in [0.05, 0.1) is 5.69 Å². The van der Waals surface area contributed by atoms with E-state index in [9.17, 15) is 9.59 Å². The molecule has 4 aromatic rings. The van der Waals surface area contributed by atoms with Crippen LogP contribution in [0.15, 0.2) is 82.9 Å². The highest BCUT2D eigenvalue weighted by Crippen LogP contribution is 2.23. The van der Waals surface area contributed by atoms with Crippen LogP contribution in [0.5, 0.6) is 0 Å². The van der Waals surface area contributed by atoms with Crippen molar-refractivity contribution in [2.75, 3.05) is 5.32 Å². The highest BCUT2D eigenvalue weighted by atomic mass is 32.2. The summed E-state index contributed by atoms with van der Waals surface area (Å²) >= 11 is 1.65. The number of rotatable bonds is 5. The third-order valence-corrected chi connectivity index (χ3v) is 5.03. The minimum absolute atomic E-state index is 0.229. The highest BCUT2D eigenvalue weighted by molar-refractivity contribution is 7.98. The number of thioether (sulfide) groups is 1. The minimum Gasteiger partial charge on any atom is -0.327 e. The van der Waals surface area contributed by atoms with E-state index in [0.29, 0.717) is 5.56 Å². The Bertz CT molecular complexity index is 1120.